The van der Waals surface area contributed by atoms with Gasteiger partial charge in [0.2, 0.25) is 0 Å². The number of hydrogen-bond acceptors (Lipinski definition) is 4. The first-order valence-electron chi connectivity index (χ1n) is 11.3. The van der Waals surface area contributed by atoms with Gasteiger partial charge in [-0.05, 0) is 53.3 Å². The molecular weight excluding hydrogens is 451 g/mol. The summed E-state index contributed by atoms with van der Waals surface area (Å²) in [6.45, 7) is 0.0909. The summed E-state index contributed by atoms with van der Waals surface area (Å²) in [5.74, 6) is -2.48. The molecule has 0 saturated heterocycles. The van der Waals surface area contributed by atoms with E-state index in [-0.39, 0.29) is 30.2 Å². The first-order chi connectivity index (χ1) is 16.8. The molecule has 0 aromatic heterocycles. The Kier molecular flexibility index (Phi) is 5.72. The van der Waals surface area contributed by atoms with Gasteiger partial charge in [-0.2, -0.15) is 0 Å². The van der Waals surface area contributed by atoms with Crippen molar-refractivity contribution in [2.45, 2.75) is 30.7 Å². The van der Waals surface area contributed by atoms with E-state index in [4.69, 9.17) is 9.84 Å². The summed E-state index contributed by atoms with van der Waals surface area (Å²) in [7, 11) is 0. The average Bonchev–Trinajstić information content (AvgIpc) is 3.50. The fourth-order valence-corrected chi connectivity index (χ4v) is 4.60. The van der Waals surface area contributed by atoms with Crippen molar-refractivity contribution in [3.63, 3.8) is 0 Å². The number of hydrogen-bond donors (Lipinski definition) is 3. The van der Waals surface area contributed by atoms with Gasteiger partial charge in [-0.25, -0.2) is 9.18 Å². The maximum absolute atomic E-state index is 14.6. The Labute approximate surface area is 200 Å². The topological polar surface area (TPSA) is 105 Å². The predicted octanol–water partition coefficient (Wildman–Crippen LogP) is 4.92. The van der Waals surface area contributed by atoms with Gasteiger partial charge in [-0.1, -0.05) is 48.5 Å². The first kappa shape index (κ1) is 22.6. The maximum Gasteiger partial charge on any atom is 0.411 e. The lowest BCUT2D eigenvalue weighted by atomic mass is 9.98. The number of benzene rings is 3. The molecule has 0 unspecified atom stereocenters. The summed E-state index contributed by atoms with van der Waals surface area (Å²) in [4.78, 5) is 35.8. The number of rotatable bonds is 7. The van der Waals surface area contributed by atoms with E-state index in [0.29, 0.717) is 12.8 Å². The Morgan fingerprint density at radius 2 is 1.60 bits per heavy atom. The number of amides is 2. The van der Waals surface area contributed by atoms with Crippen LogP contribution in [0.5, 0.6) is 0 Å². The molecule has 8 heteroatoms. The van der Waals surface area contributed by atoms with Gasteiger partial charge in [0.15, 0.2) is 0 Å². The van der Waals surface area contributed by atoms with Crippen molar-refractivity contribution in [3.05, 3.63) is 89.2 Å². The van der Waals surface area contributed by atoms with Crippen LogP contribution < -0.4 is 10.6 Å². The standard InChI is InChI=1S/C27H23FN2O5/c28-22-13-16(25(33)30-27(11-12-27)14-24(31)32)9-10-23(22)29-26(34)35-15-21-19-7-3-1-5-17(19)18-6-2-4-8-20(18)21/h1-10,13,21H,11-12,14-15H2,(H,29,34)(H,30,33)(H,31,32). The van der Waals surface area contributed by atoms with Crippen LogP contribution >= 0.6 is 0 Å². The normalized spacial score (nSPS) is 15.0. The Morgan fingerprint density at radius 1 is 0.971 bits per heavy atom. The number of halogens is 1. The van der Waals surface area contributed by atoms with E-state index in [1.807, 2.05) is 48.5 Å². The quantitative estimate of drug-likeness (QED) is 0.451. The van der Waals surface area contributed by atoms with Crippen molar-refractivity contribution in [2.24, 2.45) is 0 Å². The van der Waals surface area contributed by atoms with Crippen LogP contribution in [0.4, 0.5) is 14.9 Å². The lowest BCUT2D eigenvalue weighted by molar-refractivity contribution is -0.137. The molecule has 2 amide bonds. The van der Waals surface area contributed by atoms with Gasteiger partial charge in [0.1, 0.15) is 12.4 Å². The van der Waals surface area contributed by atoms with Crippen molar-refractivity contribution < 1.29 is 28.6 Å². The summed E-state index contributed by atoms with van der Waals surface area (Å²) >= 11 is 0. The summed E-state index contributed by atoms with van der Waals surface area (Å²) in [6.07, 6.45) is 0.147. The van der Waals surface area contributed by atoms with Crippen LogP contribution in [-0.2, 0) is 9.53 Å². The van der Waals surface area contributed by atoms with Gasteiger partial charge >= 0.3 is 12.1 Å². The molecule has 2 aliphatic rings. The van der Waals surface area contributed by atoms with Crippen LogP contribution in [0.1, 0.15) is 46.7 Å². The molecule has 0 heterocycles. The molecule has 3 aromatic carbocycles. The maximum atomic E-state index is 14.6. The highest BCUT2D eigenvalue weighted by Gasteiger charge is 2.46. The molecule has 2 aliphatic carbocycles. The zero-order valence-electron chi connectivity index (χ0n) is 18.7. The molecule has 0 bridgehead atoms. The third-order valence-corrected chi connectivity index (χ3v) is 6.53. The number of ether oxygens (including phenoxy) is 1. The minimum absolute atomic E-state index is 0.0391. The van der Waals surface area contributed by atoms with Gasteiger partial charge in [-0.3, -0.25) is 14.9 Å². The highest BCUT2D eigenvalue weighted by atomic mass is 19.1. The molecule has 0 radical (unpaired) electrons. The monoisotopic (exact) mass is 474 g/mol. The first-order valence-corrected chi connectivity index (χ1v) is 11.3. The van der Waals surface area contributed by atoms with E-state index >= 15 is 0 Å². The lowest BCUT2D eigenvalue weighted by Gasteiger charge is -2.16. The average molecular weight is 474 g/mol. The molecule has 0 aliphatic heterocycles. The summed E-state index contributed by atoms with van der Waals surface area (Å²) in [6, 6.07) is 19.6. The zero-order valence-corrected chi connectivity index (χ0v) is 18.7. The van der Waals surface area contributed by atoms with Gasteiger partial charge in [0, 0.05) is 11.5 Å². The lowest BCUT2D eigenvalue weighted by Crippen LogP contribution is -2.38. The molecule has 7 nitrogen and oxygen atoms in total. The van der Waals surface area contributed by atoms with Crippen LogP contribution in [0.2, 0.25) is 0 Å². The minimum atomic E-state index is -1.00. The second-order valence-electron chi connectivity index (χ2n) is 8.95. The third-order valence-electron chi connectivity index (χ3n) is 6.53. The SMILES string of the molecule is O=C(O)CC1(NC(=O)c2ccc(NC(=O)OCC3c4ccccc4-c4ccccc43)c(F)c2)CC1. The second-order valence-corrected chi connectivity index (χ2v) is 8.95. The smallest absolute Gasteiger partial charge is 0.411 e. The van der Waals surface area contributed by atoms with E-state index < -0.39 is 29.3 Å². The predicted molar refractivity (Wildman–Crippen MR) is 127 cm³/mol. The van der Waals surface area contributed by atoms with Gasteiger partial charge in [0.05, 0.1) is 17.6 Å². The van der Waals surface area contributed by atoms with Crippen molar-refractivity contribution >= 4 is 23.7 Å². The highest BCUT2D eigenvalue weighted by molar-refractivity contribution is 5.96. The molecule has 35 heavy (non-hydrogen) atoms. The Bertz CT molecular complexity index is 1290. The molecule has 1 fully saturated rings. The molecule has 3 N–H and O–H groups in total. The van der Waals surface area contributed by atoms with E-state index in [1.165, 1.54) is 12.1 Å². The Balaban J connectivity index is 1.22. The van der Waals surface area contributed by atoms with Crippen LogP contribution in [0, 0.1) is 5.82 Å². The molecule has 3 aromatic rings. The molecule has 0 atom stereocenters. The van der Waals surface area contributed by atoms with Crippen LogP contribution in [0.15, 0.2) is 66.7 Å². The van der Waals surface area contributed by atoms with Crippen LogP contribution in [0.3, 0.4) is 0 Å². The number of carbonyl (C=O) groups is 3. The van der Waals surface area contributed by atoms with Crippen LogP contribution in [-0.4, -0.2) is 35.2 Å². The third kappa shape index (κ3) is 4.59. The molecule has 1 saturated carbocycles. The number of carbonyl (C=O) groups excluding carboxylic acids is 2. The highest BCUT2D eigenvalue weighted by Crippen LogP contribution is 2.44. The van der Waals surface area contributed by atoms with Gasteiger partial charge < -0.3 is 15.2 Å². The van der Waals surface area contributed by atoms with Crippen LogP contribution in [0.25, 0.3) is 11.1 Å². The van der Waals surface area contributed by atoms with Crippen molar-refractivity contribution in [3.8, 4) is 11.1 Å². The largest absolute Gasteiger partial charge is 0.481 e. The van der Waals surface area contributed by atoms with Gasteiger partial charge in [0.25, 0.3) is 5.91 Å². The number of aliphatic carboxylic acids is 1. The number of nitrogens with one attached hydrogen (secondary N) is 2. The number of carboxylic acid groups (broad SMARTS) is 1. The fourth-order valence-electron chi connectivity index (χ4n) is 4.60. The minimum Gasteiger partial charge on any atom is -0.481 e. The summed E-state index contributed by atoms with van der Waals surface area (Å²) in [5.41, 5.74) is 3.50. The summed E-state index contributed by atoms with van der Waals surface area (Å²) in [5, 5.41) is 14.0. The Morgan fingerprint density at radius 3 is 2.17 bits per heavy atom. The zero-order chi connectivity index (χ0) is 24.6. The van der Waals surface area contributed by atoms with E-state index in [1.54, 1.807) is 0 Å². The number of anilines is 1. The van der Waals surface area contributed by atoms with E-state index in [2.05, 4.69) is 10.6 Å². The fraction of sp³-hybridized carbons (Fsp3) is 0.222. The van der Waals surface area contributed by atoms with Crippen molar-refractivity contribution in [1.29, 1.82) is 0 Å². The molecular formula is C27H23FN2O5. The van der Waals surface area contributed by atoms with Crippen molar-refractivity contribution in [2.75, 3.05) is 11.9 Å². The summed E-state index contributed by atoms with van der Waals surface area (Å²) < 4.78 is 20.1. The van der Waals surface area contributed by atoms with E-state index in [9.17, 15) is 18.8 Å². The number of fused-ring (bicyclic) bond motifs is 3. The Hall–Kier alpha value is -4.20. The van der Waals surface area contributed by atoms with Gasteiger partial charge in [-0.15, -0.1) is 0 Å². The van der Waals surface area contributed by atoms with E-state index in [0.717, 1.165) is 28.3 Å². The van der Waals surface area contributed by atoms with Crippen molar-refractivity contribution in [1.82, 2.24) is 5.32 Å². The number of carboxylic acids is 1. The molecule has 178 valence electrons. The molecule has 0 spiro atoms. The second kappa shape index (κ2) is 8.87. The molecule has 5 rings (SSSR count).